The van der Waals surface area contributed by atoms with E-state index >= 15 is 0 Å². The van der Waals surface area contributed by atoms with E-state index in [1.54, 1.807) is 12.1 Å². The Hall–Kier alpha value is -1.51. The molecule has 21 heavy (non-hydrogen) atoms. The van der Waals surface area contributed by atoms with E-state index in [0.717, 1.165) is 6.42 Å². The zero-order valence-electron chi connectivity index (χ0n) is 14.3. The van der Waals surface area contributed by atoms with Gasteiger partial charge in [-0.05, 0) is 48.4 Å². The van der Waals surface area contributed by atoms with Crippen LogP contribution in [0.15, 0.2) is 24.3 Å². The van der Waals surface area contributed by atoms with E-state index in [1.165, 1.54) is 12.1 Å². The molecule has 0 aliphatic rings. The molecule has 1 aromatic carbocycles. The van der Waals surface area contributed by atoms with E-state index in [9.17, 15) is 9.90 Å². The Labute approximate surface area is 128 Å². The van der Waals surface area contributed by atoms with Crippen molar-refractivity contribution in [3.8, 4) is 11.5 Å². The van der Waals surface area contributed by atoms with Gasteiger partial charge in [-0.2, -0.15) is 0 Å². The largest absolute Gasteiger partial charge is 0.508 e. The van der Waals surface area contributed by atoms with E-state index in [2.05, 4.69) is 41.5 Å². The first-order chi connectivity index (χ1) is 9.35. The zero-order chi connectivity index (χ0) is 16.5. The van der Waals surface area contributed by atoms with Crippen LogP contribution < -0.4 is 4.74 Å². The number of phenolic OH excluding ortho intramolecular Hbond substituents is 1. The van der Waals surface area contributed by atoms with Gasteiger partial charge >= 0.3 is 5.97 Å². The highest BCUT2D eigenvalue weighted by molar-refractivity contribution is 5.79. The molecule has 1 rings (SSSR count). The van der Waals surface area contributed by atoms with Crippen LogP contribution in [0.25, 0.3) is 0 Å². The highest BCUT2D eigenvalue weighted by Crippen LogP contribution is 2.47. The lowest BCUT2D eigenvalue weighted by Crippen LogP contribution is -2.45. The summed E-state index contributed by atoms with van der Waals surface area (Å²) in [7, 11) is 0. The second-order valence-corrected chi connectivity index (χ2v) is 8.20. The monoisotopic (exact) mass is 292 g/mol. The van der Waals surface area contributed by atoms with Crippen LogP contribution in [0, 0.1) is 16.2 Å². The Kier molecular flexibility index (Phi) is 4.76. The predicted octanol–water partition coefficient (Wildman–Crippen LogP) is 4.79. The molecule has 0 saturated heterocycles. The van der Waals surface area contributed by atoms with Crippen LogP contribution in [-0.2, 0) is 4.79 Å². The van der Waals surface area contributed by atoms with Gasteiger partial charge < -0.3 is 9.84 Å². The smallest absolute Gasteiger partial charge is 0.317 e. The maximum Gasteiger partial charge on any atom is 0.317 e. The van der Waals surface area contributed by atoms with Gasteiger partial charge in [0.05, 0.1) is 5.41 Å². The van der Waals surface area contributed by atoms with Gasteiger partial charge in [0.2, 0.25) is 0 Å². The molecule has 3 nitrogen and oxygen atoms in total. The molecule has 0 amide bonds. The normalized spacial score (nSPS) is 15.4. The highest BCUT2D eigenvalue weighted by atomic mass is 16.5. The number of rotatable bonds is 3. The molecular formula is C18H28O3. The van der Waals surface area contributed by atoms with Gasteiger partial charge in [0.15, 0.2) is 0 Å². The number of hydrogen-bond acceptors (Lipinski definition) is 3. The summed E-state index contributed by atoms with van der Waals surface area (Å²) in [4.78, 5) is 12.8. The first kappa shape index (κ1) is 17.5. The van der Waals surface area contributed by atoms with Crippen LogP contribution in [0.5, 0.6) is 11.5 Å². The first-order valence-electron chi connectivity index (χ1n) is 7.36. The molecular weight excluding hydrogens is 264 g/mol. The van der Waals surface area contributed by atoms with Gasteiger partial charge in [-0.25, -0.2) is 0 Å². The zero-order valence-corrected chi connectivity index (χ0v) is 14.3. The number of carbonyl (C=O) groups is 1. The van der Waals surface area contributed by atoms with Gasteiger partial charge in [-0.15, -0.1) is 0 Å². The lowest BCUT2D eigenvalue weighted by molar-refractivity contribution is -0.154. The number of esters is 1. The third kappa shape index (κ3) is 4.48. The SMILES string of the molecule is CC(C)(C)CC(C)(C(=O)Oc1ccc(O)cc1)C(C)(C)C. The Morgan fingerprint density at radius 1 is 1.00 bits per heavy atom. The number of phenols is 1. The average molecular weight is 292 g/mol. The Morgan fingerprint density at radius 3 is 1.86 bits per heavy atom. The minimum absolute atomic E-state index is 0.0238. The van der Waals surface area contributed by atoms with Crippen LogP contribution in [0.1, 0.15) is 54.9 Å². The van der Waals surface area contributed by atoms with E-state index in [1.807, 2.05) is 6.92 Å². The fourth-order valence-electron chi connectivity index (χ4n) is 2.44. The van der Waals surface area contributed by atoms with Crippen molar-refractivity contribution in [1.82, 2.24) is 0 Å². The summed E-state index contributed by atoms with van der Waals surface area (Å²) in [6.45, 7) is 14.6. The van der Waals surface area contributed by atoms with Crippen molar-refractivity contribution in [1.29, 1.82) is 0 Å². The number of hydrogen-bond donors (Lipinski definition) is 1. The molecule has 1 N–H and O–H groups in total. The third-order valence-electron chi connectivity index (χ3n) is 4.04. The Bertz CT molecular complexity index is 489. The molecule has 0 radical (unpaired) electrons. The van der Waals surface area contributed by atoms with Gasteiger partial charge in [0, 0.05) is 0 Å². The van der Waals surface area contributed by atoms with Gasteiger partial charge in [-0.3, -0.25) is 4.79 Å². The van der Waals surface area contributed by atoms with E-state index in [4.69, 9.17) is 4.74 Å². The number of aromatic hydroxyl groups is 1. The first-order valence-corrected chi connectivity index (χ1v) is 7.36. The minimum Gasteiger partial charge on any atom is -0.508 e. The van der Waals surface area contributed by atoms with Crippen LogP contribution in [0.3, 0.4) is 0 Å². The van der Waals surface area contributed by atoms with Gasteiger partial charge in [0.1, 0.15) is 11.5 Å². The maximum atomic E-state index is 12.8. The van der Waals surface area contributed by atoms with Gasteiger partial charge in [-0.1, -0.05) is 41.5 Å². The molecule has 0 fully saturated rings. The van der Waals surface area contributed by atoms with Gasteiger partial charge in [0.25, 0.3) is 0 Å². The summed E-state index contributed by atoms with van der Waals surface area (Å²) in [5.74, 6) is 0.390. The average Bonchev–Trinajstić information content (AvgIpc) is 2.28. The van der Waals surface area contributed by atoms with Crippen LogP contribution in [0.2, 0.25) is 0 Å². The van der Waals surface area contributed by atoms with Crippen LogP contribution in [-0.4, -0.2) is 11.1 Å². The highest BCUT2D eigenvalue weighted by Gasteiger charge is 2.47. The predicted molar refractivity (Wildman–Crippen MR) is 85.4 cm³/mol. The summed E-state index contributed by atoms with van der Waals surface area (Å²) in [5, 5.41) is 9.29. The molecule has 0 aromatic heterocycles. The van der Waals surface area contributed by atoms with Crippen molar-refractivity contribution in [2.75, 3.05) is 0 Å². The van der Waals surface area contributed by atoms with Crippen molar-refractivity contribution >= 4 is 5.97 Å². The molecule has 0 bridgehead atoms. The second kappa shape index (κ2) is 5.70. The quantitative estimate of drug-likeness (QED) is 0.644. The molecule has 0 aliphatic carbocycles. The molecule has 3 heteroatoms. The fraction of sp³-hybridized carbons (Fsp3) is 0.611. The van der Waals surface area contributed by atoms with Crippen LogP contribution >= 0.6 is 0 Å². The lowest BCUT2D eigenvalue weighted by Gasteiger charge is -2.43. The summed E-state index contributed by atoms with van der Waals surface area (Å²) in [5.41, 5.74) is -0.784. The number of ether oxygens (including phenoxy) is 1. The van der Waals surface area contributed by atoms with Crippen LogP contribution in [0.4, 0.5) is 0 Å². The molecule has 0 saturated carbocycles. The van der Waals surface area contributed by atoms with E-state index in [0.29, 0.717) is 5.75 Å². The maximum absolute atomic E-state index is 12.8. The molecule has 0 spiro atoms. The molecule has 0 heterocycles. The van der Waals surface area contributed by atoms with Crippen molar-refractivity contribution in [3.63, 3.8) is 0 Å². The molecule has 1 unspecified atom stereocenters. The third-order valence-corrected chi connectivity index (χ3v) is 4.04. The minimum atomic E-state index is -0.594. The number of carbonyl (C=O) groups excluding carboxylic acids is 1. The molecule has 1 aromatic rings. The van der Waals surface area contributed by atoms with E-state index in [-0.39, 0.29) is 22.5 Å². The Balaban J connectivity index is 3.04. The molecule has 1 atom stereocenters. The summed E-state index contributed by atoms with van der Waals surface area (Å²) >= 11 is 0. The fourth-order valence-corrected chi connectivity index (χ4v) is 2.44. The standard InChI is InChI=1S/C18H28O3/c1-16(2,3)12-18(7,17(4,5)6)15(20)21-14-10-8-13(19)9-11-14/h8-11,19H,12H2,1-7H3. The van der Waals surface area contributed by atoms with E-state index < -0.39 is 5.41 Å². The topological polar surface area (TPSA) is 46.5 Å². The van der Waals surface area contributed by atoms with Crippen molar-refractivity contribution in [2.45, 2.75) is 54.9 Å². The summed E-state index contributed by atoms with van der Waals surface area (Å²) in [6, 6.07) is 6.24. The molecule has 0 aliphatic heterocycles. The van der Waals surface area contributed by atoms with Crippen molar-refractivity contribution in [3.05, 3.63) is 24.3 Å². The Morgan fingerprint density at radius 2 is 1.48 bits per heavy atom. The second-order valence-electron chi connectivity index (χ2n) is 8.20. The number of benzene rings is 1. The molecule has 118 valence electrons. The van der Waals surface area contributed by atoms with Crippen molar-refractivity contribution in [2.24, 2.45) is 16.2 Å². The lowest BCUT2D eigenvalue weighted by atomic mass is 9.61. The van der Waals surface area contributed by atoms with Crippen molar-refractivity contribution < 1.29 is 14.6 Å². The summed E-state index contributed by atoms with van der Waals surface area (Å²) < 4.78 is 5.56. The summed E-state index contributed by atoms with van der Waals surface area (Å²) in [6.07, 6.45) is 0.737.